The highest BCUT2D eigenvalue weighted by molar-refractivity contribution is 7.16. The lowest BCUT2D eigenvalue weighted by atomic mass is 10.1. The smallest absolute Gasteiger partial charge is 0.147 e. The molecule has 4 aromatic heterocycles. The molecule has 8 nitrogen and oxygen atoms in total. The normalized spacial score (nSPS) is 14.4. The van der Waals surface area contributed by atoms with Crippen LogP contribution in [0.25, 0.3) is 39.9 Å². The van der Waals surface area contributed by atoms with Gasteiger partial charge in [-0.2, -0.15) is 5.10 Å². The fraction of sp³-hybridized carbons (Fsp3) is 0.200. The van der Waals surface area contributed by atoms with E-state index in [1.807, 2.05) is 32.2 Å². The van der Waals surface area contributed by atoms with Gasteiger partial charge in [-0.3, -0.25) is 15.1 Å². The number of hydrogen-bond donors (Lipinski definition) is 3. The summed E-state index contributed by atoms with van der Waals surface area (Å²) in [6.45, 7) is 20.2. The highest BCUT2D eigenvalue weighted by Crippen LogP contribution is 2.35. The van der Waals surface area contributed by atoms with E-state index in [9.17, 15) is 0 Å². The minimum atomic E-state index is 0.203. The quantitative estimate of drug-likeness (QED) is 0.310. The number of aromatic nitrogens is 5. The lowest BCUT2D eigenvalue weighted by Gasteiger charge is -2.37. The van der Waals surface area contributed by atoms with E-state index >= 15 is 0 Å². The third-order valence-corrected chi connectivity index (χ3v) is 8.02. The summed E-state index contributed by atoms with van der Waals surface area (Å²) in [5.41, 5.74) is 13.1. The van der Waals surface area contributed by atoms with Crippen molar-refractivity contribution in [3.63, 3.8) is 0 Å². The monoisotopic (exact) mass is 536 g/mol. The zero-order valence-electron chi connectivity index (χ0n) is 22.5. The molecule has 1 aliphatic heterocycles. The maximum Gasteiger partial charge on any atom is 0.147 e. The summed E-state index contributed by atoms with van der Waals surface area (Å²) in [7, 11) is 0. The number of thiophene rings is 1. The summed E-state index contributed by atoms with van der Waals surface area (Å²) >= 11 is 1.71. The molecule has 0 unspecified atom stereocenters. The van der Waals surface area contributed by atoms with Crippen molar-refractivity contribution in [1.29, 1.82) is 0 Å². The number of pyridine rings is 1. The summed E-state index contributed by atoms with van der Waals surface area (Å²) in [5.74, 6) is 0.843. The van der Waals surface area contributed by atoms with Gasteiger partial charge in [0.1, 0.15) is 11.5 Å². The van der Waals surface area contributed by atoms with Crippen molar-refractivity contribution in [3.8, 4) is 10.4 Å². The number of anilines is 2. The zero-order chi connectivity index (χ0) is 27.7. The molecule has 4 aromatic rings. The van der Waals surface area contributed by atoms with Crippen molar-refractivity contribution in [2.75, 3.05) is 23.3 Å². The molecule has 9 heteroatoms. The van der Waals surface area contributed by atoms with Gasteiger partial charge in [-0.15, -0.1) is 11.3 Å². The number of nitrogens with two attached hydrogens (primary N) is 1. The number of aromatic amines is 1. The van der Waals surface area contributed by atoms with E-state index in [1.54, 1.807) is 29.9 Å². The molecule has 0 atom stereocenters. The van der Waals surface area contributed by atoms with Gasteiger partial charge in [-0.05, 0) is 55.7 Å². The van der Waals surface area contributed by atoms with Crippen LogP contribution in [0.4, 0.5) is 11.5 Å². The number of allylic oxidation sites excluding steroid dienone is 3. The van der Waals surface area contributed by atoms with Crippen molar-refractivity contribution < 1.29 is 0 Å². The molecule has 4 N–H and O–H groups in total. The minimum Gasteiger partial charge on any atom is -0.353 e. The molecule has 0 amide bonds. The van der Waals surface area contributed by atoms with Crippen LogP contribution in [-0.2, 0) is 0 Å². The van der Waals surface area contributed by atoms with Crippen LogP contribution in [0.5, 0.6) is 0 Å². The Morgan fingerprint density at radius 2 is 1.92 bits per heavy atom. The van der Waals surface area contributed by atoms with Crippen molar-refractivity contribution in [3.05, 3.63) is 88.6 Å². The predicted octanol–water partition coefficient (Wildman–Crippen LogP) is 4.19. The average molecular weight is 537 g/mol. The zero-order valence-corrected chi connectivity index (χ0v) is 23.3. The Labute approximate surface area is 232 Å². The number of rotatable bonds is 8. The van der Waals surface area contributed by atoms with E-state index in [0.717, 1.165) is 68.0 Å². The fourth-order valence-electron chi connectivity index (χ4n) is 4.29. The van der Waals surface area contributed by atoms with Crippen molar-refractivity contribution in [1.82, 2.24) is 25.1 Å². The maximum absolute atomic E-state index is 5.91. The molecule has 1 fully saturated rings. The molecule has 1 aliphatic rings. The first-order valence-corrected chi connectivity index (χ1v) is 13.4. The Balaban J connectivity index is 1.34. The van der Waals surface area contributed by atoms with E-state index in [4.69, 9.17) is 10.7 Å². The van der Waals surface area contributed by atoms with Gasteiger partial charge < -0.3 is 16.0 Å². The third kappa shape index (κ3) is 5.45. The van der Waals surface area contributed by atoms with Crippen LogP contribution in [0.2, 0.25) is 0 Å². The Bertz CT molecular complexity index is 1700. The molecule has 0 spiro atoms. The summed E-state index contributed by atoms with van der Waals surface area (Å²) in [4.78, 5) is 18.0. The van der Waals surface area contributed by atoms with E-state index < -0.39 is 0 Å². The summed E-state index contributed by atoms with van der Waals surface area (Å²) in [6.07, 6.45) is 11.1. The van der Waals surface area contributed by atoms with E-state index in [1.165, 1.54) is 4.88 Å². The topological polar surface area (TPSA) is 109 Å². The predicted molar refractivity (Wildman–Crippen MR) is 163 cm³/mol. The van der Waals surface area contributed by atoms with Crippen LogP contribution >= 0.6 is 11.3 Å². The van der Waals surface area contributed by atoms with Gasteiger partial charge in [-0.25, -0.2) is 4.98 Å². The first-order valence-electron chi connectivity index (χ1n) is 12.6. The van der Waals surface area contributed by atoms with Crippen LogP contribution in [0.15, 0.2) is 56.2 Å². The lowest BCUT2D eigenvalue weighted by molar-refractivity contribution is 0.513. The van der Waals surface area contributed by atoms with Crippen LogP contribution < -0.4 is 26.5 Å². The van der Waals surface area contributed by atoms with E-state index in [2.05, 4.69) is 69.2 Å². The molecule has 0 aromatic carbocycles. The minimum absolute atomic E-state index is 0.203. The Hall–Kier alpha value is -4.34. The van der Waals surface area contributed by atoms with E-state index in [-0.39, 0.29) is 6.04 Å². The molecule has 5 rings (SSSR count). The highest BCUT2D eigenvalue weighted by atomic mass is 32.1. The van der Waals surface area contributed by atoms with Crippen LogP contribution in [0.3, 0.4) is 0 Å². The van der Waals surface area contributed by atoms with Crippen molar-refractivity contribution in [2.45, 2.75) is 26.8 Å². The maximum atomic E-state index is 5.91. The molecule has 0 saturated carbocycles. The first-order chi connectivity index (χ1) is 18.7. The van der Waals surface area contributed by atoms with E-state index in [0.29, 0.717) is 11.4 Å². The van der Waals surface area contributed by atoms with Gasteiger partial charge >= 0.3 is 0 Å². The number of H-pyrrole nitrogens is 1. The fourth-order valence-corrected chi connectivity index (χ4v) is 5.29. The second-order valence-electron chi connectivity index (χ2n) is 9.82. The Morgan fingerprint density at radius 3 is 2.64 bits per heavy atom. The Kier molecular flexibility index (Phi) is 7.28. The second kappa shape index (κ2) is 10.8. The first kappa shape index (κ1) is 26.3. The highest BCUT2D eigenvalue weighted by Gasteiger charge is 2.24. The molecular formula is C30H32N8S. The number of hydrogen-bond acceptors (Lipinski definition) is 8. The van der Waals surface area contributed by atoms with Crippen molar-refractivity contribution in [2.24, 2.45) is 5.73 Å². The van der Waals surface area contributed by atoms with Crippen molar-refractivity contribution >= 4 is 52.3 Å². The second-order valence-corrected chi connectivity index (χ2v) is 10.9. The third-order valence-electron chi connectivity index (χ3n) is 6.74. The summed E-state index contributed by atoms with van der Waals surface area (Å²) in [6, 6.07) is 4.41. The van der Waals surface area contributed by atoms with Gasteiger partial charge in [0, 0.05) is 45.9 Å². The van der Waals surface area contributed by atoms with Crippen LogP contribution in [0, 0.1) is 6.92 Å². The molecule has 0 aliphatic carbocycles. The van der Waals surface area contributed by atoms with Gasteiger partial charge in [0.25, 0.3) is 0 Å². The van der Waals surface area contributed by atoms with Crippen LogP contribution in [-0.4, -0.2) is 44.3 Å². The summed E-state index contributed by atoms with van der Waals surface area (Å²) < 4.78 is 0. The molecule has 198 valence electrons. The molecule has 0 radical (unpaired) electrons. The summed E-state index contributed by atoms with van der Waals surface area (Å²) in [5, 5.41) is 12.5. The number of nitrogens with one attached hydrogen (secondary N) is 2. The van der Waals surface area contributed by atoms with Gasteiger partial charge in [0.15, 0.2) is 0 Å². The van der Waals surface area contributed by atoms with Gasteiger partial charge in [0.05, 0.1) is 41.0 Å². The average Bonchev–Trinajstić information content (AvgIpc) is 3.54. The molecule has 39 heavy (non-hydrogen) atoms. The van der Waals surface area contributed by atoms with Crippen LogP contribution in [0.1, 0.15) is 35.7 Å². The van der Waals surface area contributed by atoms with Gasteiger partial charge in [0.2, 0.25) is 0 Å². The van der Waals surface area contributed by atoms with Gasteiger partial charge in [-0.1, -0.05) is 25.8 Å². The number of nitrogens with zero attached hydrogens (tertiary/aromatic N) is 5. The Morgan fingerprint density at radius 1 is 1.15 bits per heavy atom. The molecule has 5 heterocycles. The largest absolute Gasteiger partial charge is 0.353 e. The molecule has 0 bridgehead atoms. The molecule has 1 saturated heterocycles. The standard InChI is InChI=1S/C30H32N8S/c1-17(2)27-9-10-28(39-27)23-11-32-13-26(19(23)4)34-21(6)30-20(5)24(36-37-30)8-7-18(3)25-12-33-14-29(35-25)38-15-22(31)16-38/h7-14,22,34,36H,1,5-6,15-16,31H2,2-4H3/b18-7+,24-8+. The SMILES string of the molecule is C=C(C)c1ccc(-c2cncc(NC(=C)c3n[nH]/c(=C/C=C(\C)c4cncc(N5CC(N)C5)n4)c3=C)c2C)s1. The lowest BCUT2D eigenvalue weighted by Crippen LogP contribution is -2.56. The molecular weight excluding hydrogens is 504 g/mol.